The van der Waals surface area contributed by atoms with E-state index in [1.54, 1.807) is 17.9 Å². The maximum absolute atomic E-state index is 11.4. The van der Waals surface area contributed by atoms with Gasteiger partial charge in [0.25, 0.3) is 0 Å². The number of hydrogen-bond acceptors (Lipinski definition) is 5. The van der Waals surface area contributed by atoms with Crippen molar-refractivity contribution in [2.45, 2.75) is 6.54 Å². The van der Waals surface area contributed by atoms with E-state index in [-0.39, 0.29) is 6.03 Å². The quantitative estimate of drug-likeness (QED) is 0.839. The topological polar surface area (TPSA) is 79.8 Å². The van der Waals surface area contributed by atoms with Crippen LogP contribution in [0.15, 0.2) is 30.0 Å². The summed E-state index contributed by atoms with van der Waals surface area (Å²) in [6.45, 7) is 0.429. The molecule has 0 radical (unpaired) electrons. The van der Waals surface area contributed by atoms with E-state index >= 15 is 0 Å². The Morgan fingerprint density at radius 2 is 2.44 bits per heavy atom. The summed E-state index contributed by atoms with van der Waals surface area (Å²) in [5.74, 6) is 0. The molecule has 0 saturated carbocycles. The first kappa shape index (κ1) is 10.5. The summed E-state index contributed by atoms with van der Waals surface area (Å²) < 4.78 is 0. The first-order valence-corrected chi connectivity index (χ1v) is 5.42. The normalized spacial score (nSPS) is 9.75. The number of nitrogens with zero attached hydrogens (tertiary/aromatic N) is 3. The van der Waals surface area contributed by atoms with Crippen LogP contribution < -0.4 is 10.6 Å². The van der Waals surface area contributed by atoms with Crippen LogP contribution in [0.2, 0.25) is 0 Å². The summed E-state index contributed by atoms with van der Waals surface area (Å²) in [6, 6.07) is 3.40. The number of anilines is 1. The first-order chi connectivity index (χ1) is 7.84. The molecule has 0 aliphatic heterocycles. The van der Waals surface area contributed by atoms with E-state index in [4.69, 9.17) is 0 Å². The number of pyridine rings is 1. The molecule has 2 N–H and O–H groups in total. The van der Waals surface area contributed by atoms with Gasteiger partial charge in [-0.2, -0.15) is 0 Å². The number of amides is 2. The number of urea groups is 1. The summed E-state index contributed by atoms with van der Waals surface area (Å²) in [5.41, 5.74) is 2.49. The largest absolute Gasteiger partial charge is 0.334 e. The van der Waals surface area contributed by atoms with E-state index in [0.29, 0.717) is 11.7 Å². The van der Waals surface area contributed by atoms with Crippen molar-refractivity contribution in [1.29, 1.82) is 0 Å². The lowest BCUT2D eigenvalue weighted by Crippen LogP contribution is -2.28. The number of nitrogens with one attached hydrogen (secondary N) is 2. The zero-order chi connectivity index (χ0) is 11.2. The summed E-state index contributed by atoms with van der Waals surface area (Å²) in [7, 11) is 0. The van der Waals surface area contributed by atoms with Gasteiger partial charge in [0, 0.05) is 18.9 Å². The molecule has 2 amide bonds. The van der Waals surface area contributed by atoms with Gasteiger partial charge >= 0.3 is 6.03 Å². The SMILES string of the molecule is O=C(NCc1cccnc1)Nc1nncs1. The average Bonchev–Trinajstić information content (AvgIpc) is 2.81. The predicted molar refractivity (Wildman–Crippen MR) is 60.0 cm³/mol. The van der Waals surface area contributed by atoms with Crippen LogP contribution in [0.3, 0.4) is 0 Å². The molecule has 0 unspecified atom stereocenters. The smallest absolute Gasteiger partial charge is 0.321 e. The standard InChI is InChI=1S/C9H9N5OS/c15-8(13-9-14-12-6-16-9)11-5-7-2-1-3-10-4-7/h1-4,6H,5H2,(H2,11,13,14,15). The van der Waals surface area contributed by atoms with Crippen LogP contribution in [-0.4, -0.2) is 21.2 Å². The number of rotatable bonds is 3. The Labute approximate surface area is 95.7 Å². The van der Waals surface area contributed by atoms with Crippen LogP contribution in [0.1, 0.15) is 5.56 Å². The van der Waals surface area contributed by atoms with Crippen molar-refractivity contribution in [2.24, 2.45) is 0 Å². The predicted octanol–water partition coefficient (Wildman–Crippen LogP) is 1.25. The van der Waals surface area contributed by atoms with Gasteiger partial charge in [0.2, 0.25) is 5.13 Å². The Morgan fingerprint density at radius 3 is 3.12 bits per heavy atom. The molecule has 0 saturated heterocycles. The highest BCUT2D eigenvalue weighted by molar-refractivity contribution is 7.13. The van der Waals surface area contributed by atoms with Gasteiger partial charge in [0.1, 0.15) is 5.51 Å². The molecular formula is C9H9N5OS. The molecule has 2 aromatic heterocycles. The van der Waals surface area contributed by atoms with Crippen molar-refractivity contribution < 1.29 is 4.79 Å². The van der Waals surface area contributed by atoms with Crippen molar-refractivity contribution in [3.8, 4) is 0 Å². The van der Waals surface area contributed by atoms with Gasteiger partial charge in [-0.3, -0.25) is 10.3 Å². The van der Waals surface area contributed by atoms with Gasteiger partial charge < -0.3 is 5.32 Å². The Bertz CT molecular complexity index is 444. The first-order valence-electron chi connectivity index (χ1n) is 4.54. The van der Waals surface area contributed by atoms with E-state index in [1.807, 2.05) is 12.1 Å². The lowest BCUT2D eigenvalue weighted by Gasteiger charge is -2.04. The molecule has 2 rings (SSSR count). The summed E-state index contributed by atoms with van der Waals surface area (Å²) >= 11 is 1.27. The minimum atomic E-state index is -0.305. The maximum Gasteiger partial charge on any atom is 0.321 e. The third kappa shape index (κ3) is 2.99. The second-order valence-corrected chi connectivity index (χ2v) is 3.75. The highest BCUT2D eigenvalue weighted by Crippen LogP contribution is 2.07. The number of hydrogen-bond donors (Lipinski definition) is 2. The van der Waals surface area contributed by atoms with Crippen LogP contribution in [0.4, 0.5) is 9.93 Å². The number of carbonyl (C=O) groups excluding carboxylic acids is 1. The summed E-state index contributed by atoms with van der Waals surface area (Å²) in [5, 5.41) is 13.0. The van der Waals surface area contributed by atoms with E-state index in [2.05, 4.69) is 25.8 Å². The zero-order valence-electron chi connectivity index (χ0n) is 8.25. The monoisotopic (exact) mass is 235 g/mol. The van der Waals surface area contributed by atoms with Gasteiger partial charge in [-0.05, 0) is 11.6 Å². The van der Waals surface area contributed by atoms with Crippen LogP contribution in [-0.2, 0) is 6.54 Å². The molecule has 2 heterocycles. The number of carbonyl (C=O) groups is 1. The van der Waals surface area contributed by atoms with Crippen LogP contribution >= 0.6 is 11.3 Å². The van der Waals surface area contributed by atoms with Crippen LogP contribution in [0.5, 0.6) is 0 Å². The third-order valence-electron chi connectivity index (χ3n) is 1.76. The van der Waals surface area contributed by atoms with Crippen molar-refractivity contribution in [2.75, 3.05) is 5.32 Å². The maximum atomic E-state index is 11.4. The van der Waals surface area contributed by atoms with E-state index in [0.717, 1.165) is 5.56 Å². The molecule has 0 atom stereocenters. The van der Waals surface area contributed by atoms with Gasteiger partial charge in [0.05, 0.1) is 0 Å². The molecule has 82 valence electrons. The highest BCUT2D eigenvalue weighted by Gasteiger charge is 2.03. The van der Waals surface area contributed by atoms with Crippen molar-refractivity contribution in [3.05, 3.63) is 35.6 Å². The number of aromatic nitrogens is 3. The van der Waals surface area contributed by atoms with Crippen LogP contribution in [0, 0.1) is 0 Å². The van der Waals surface area contributed by atoms with Gasteiger partial charge in [0.15, 0.2) is 0 Å². The minimum absolute atomic E-state index is 0.305. The fourth-order valence-corrected chi connectivity index (χ4v) is 1.49. The van der Waals surface area contributed by atoms with Crippen molar-refractivity contribution in [1.82, 2.24) is 20.5 Å². The lowest BCUT2D eigenvalue weighted by atomic mass is 10.3. The molecule has 0 fully saturated rings. The Morgan fingerprint density at radius 1 is 1.50 bits per heavy atom. The van der Waals surface area contributed by atoms with E-state index < -0.39 is 0 Å². The molecule has 6 nitrogen and oxygen atoms in total. The average molecular weight is 235 g/mol. The zero-order valence-corrected chi connectivity index (χ0v) is 9.07. The fourth-order valence-electron chi connectivity index (χ4n) is 1.05. The Kier molecular flexibility index (Phi) is 3.39. The van der Waals surface area contributed by atoms with Crippen molar-refractivity contribution >= 4 is 22.5 Å². The molecular weight excluding hydrogens is 226 g/mol. The van der Waals surface area contributed by atoms with Gasteiger partial charge in [-0.25, -0.2) is 4.79 Å². The second kappa shape index (κ2) is 5.17. The van der Waals surface area contributed by atoms with Gasteiger partial charge in [-0.1, -0.05) is 17.4 Å². The molecule has 0 aromatic carbocycles. The fraction of sp³-hybridized carbons (Fsp3) is 0.111. The molecule has 2 aromatic rings. The second-order valence-electron chi connectivity index (χ2n) is 2.91. The lowest BCUT2D eigenvalue weighted by molar-refractivity contribution is 0.251. The molecule has 0 spiro atoms. The molecule has 0 aliphatic rings. The summed E-state index contributed by atoms with van der Waals surface area (Å²) in [6.07, 6.45) is 3.38. The third-order valence-corrected chi connectivity index (χ3v) is 2.36. The Balaban J connectivity index is 1.80. The van der Waals surface area contributed by atoms with Crippen LogP contribution in [0.25, 0.3) is 0 Å². The molecule has 0 bridgehead atoms. The van der Waals surface area contributed by atoms with Crippen molar-refractivity contribution in [3.63, 3.8) is 0 Å². The Hall–Kier alpha value is -2.02. The van der Waals surface area contributed by atoms with E-state index in [1.165, 1.54) is 11.3 Å². The molecule has 0 aliphatic carbocycles. The minimum Gasteiger partial charge on any atom is -0.334 e. The summed E-state index contributed by atoms with van der Waals surface area (Å²) in [4.78, 5) is 15.3. The molecule has 7 heteroatoms. The van der Waals surface area contributed by atoms with Gasteiger partial charge in [-0.15, -0.1) is 10.2 Å². The molecule has 16 heavy (non-hydrogen) atoms. The van der Waals surface area contributed by atoms with E-state index in [9.17, 15) is 4.79 Å². The highest BCUT2D eigenvalue weighted by atomic mass is 32.1.